The van der Waals surface area contributed by atoms with E-state index in [2.05, 4.69) is 21.0 Å². The molecule has 1 unspecified atom stereocenters. The summed E-state index contributed by atoms with van der Waals surface area (Å²) in [6.07, 6.45) is 0.637. The standard InChI is InChI=1S/C10H17B3ClNO/c1-15-10(12,13)6-9(11,16)7-2-4-8(14)5-3-7/h2-5,15-16H,6,11-13H2,1H3. The number of hydrogen-bond acceptors (Lipinski definition) is 2. The monoisotopic (exact) mass is 235 g/mol. The SMILES string of the molecule is BC(B)(CC(B)(O)c1ccc(Cl)cc1)NC. The van der Waals surface area contributed by atoms with Gasteiger partial charge in [0.25, 0.3) is 0 Å². The molecule has 0 bridgehead atoms. The summed E-state index contributed by atoms with van der Waals surface area (Å²) in [5, 5.41) is 14.2. The molecule has 1 rings (SSSR count). The third kappa shape index (κ3) is 3.58. The number of halogens is 1. The van der Waals surface area contributed by atoms with E-state index < -0.39 is 5.50 Å². The Morgan fingerprint density at radius 3 is 2.19 bits per heavy atom. The molecule has 0 aromatic heterocycles. The van der Waals surface area contributed by atoms with Gasteiger partial charge in [0.1, 0.15) is 23.5 Å². The van der Waals surface area contributed by atoms with Gasteiger partial charge in [-0.05, 0) is 36.5 Å². The Morgan fingerprint density at radius 2 is 1.75 bits per heavy atom. The van der Waals surface area contributed by atoms with E-state index in [0.717, 1.165) is 5.56 Å². The minimum absolute atomic E-state index is 0.108. The van der Waals surface area contributed by atoms with Gasteiger partial charge >= 0.3 is 0 Å². The Kier molecular flexibility index (Phi) is 4.16. The van der Waals surface area contributed by atoms with E-state index >= 15 is 0 Å². The molecule has 0 fully saturated rings. The Labute approximate surface area is 105 Å². The molecule has 16 heavy (non-hydrogen) atoms. The van der Waals surface area contributed by atoms with E-state index in [9.17, 15) is 5.11 Å². The fourth-order valence-corrected chi connectivity index (χ4v) is 1.99. The van der Waals surface area contributed by atoms with Crippen molar-refractivity contribution in [3.05, 3.63) is 34.9 Å². The van der Waals surface area contributed by atoms with Gasteiger partial charge in [-0.1, -0.05) is 23.7 Å². The van der Waals surface area contributed by atoms with E-state index in [1.54, 1.807) is 12.1 Å². The van der Waals surface area contributed by atoms with Crippen molar-refractivity contribution in [3.63, 3.8) is 0 Å². The Morgan fingerprint density at radius 1 is 1.25 bits per heavy atom. The van der Waals surface area contributed by atoms with Gasteiger partial charge in [-0.25, -0.2) is 0 Å². The summed E-state index contributed by atoms with van der Waals surface area (Å²) in [4.78, 5) is 0. The van der Waals surface area contributed by atoms with Gasteiger partial charge in [0.05, 0.1) is 5.50 Å². The van der Waals surface area contributed by atoms with Gasteiger partial charge < -0.3 is 10.4 Å². The van der Waals surface area contributed by atoms with Crippen LogP contribution in [0.1, 0.15) is 12.0 Å². The van der Waals surface area contributed by atoms with E-state index in [1.807, 2.05) is 27.0 Å². The second kappa shape index (κ2) is 4.86. The molecule has 0 amide bonds. The van der Waals surface area contributed by atoms with Crippen molar-refractivity contribution in [2.24, 2.45) is 0 Å². The quantitative estimate of drug-likeness (QED) is 0.632. The average Bonchev–Trinajstić information content (AvgIpc) is 2.17. The normalized spacial score (nSPS) is 15.7. The van der Waals surface area contributed by atoms with Gasteiger partial charge in [0.15, 0.2) is 0 Å². The van der Waals surface area contributed by atoms with E-state index in [-0.39, 0.29) is 5.34 Å². The molecule has 0 aliphatic carbocycles. The molecule has 1 atom stereocenters. The van der Waals surface area contributed by atoms with Crippen LogP contribution in [0.2, 0.25) is 5.02 Å². The van der Waals surface area contributed by atoms with Crippen molar-refractivity contribution in [2.75, 3.05) is 7.05 Å². The average molecular weight is 235 g/mol. The van der Waals surface area contributed by atoms with Crippen LogP contribution in [0, 0.1) is 0 Å². The maximum atomic E-state index is 10.5. The Bertz CT molecular complexity index is 354. The molecule has 0 aliphatic heterocycles. The fraction of sp³-hybridized carbons (Fsp3) is 0.400. The molecule has 6 heteroatoms. The fourth-order valence-electron chi connectivity index (χ4n) is 1.86. The van der Waals surface area contributed by atoms with Gasteiger partial charge in [-0.3, -0.25) is 0 Å². The zero-order chi connectivity index (χ0) is 12.4. The molecule has 2 nitrogen and oxygen atoms in total. The largest absolute Gasteiger partial charge is 0.395 e. The number of hydrogen-bond donors (Lipinski definition) is 2. The summed E-state index contributed by atoms with van der Waals surface area (Å²) >= 11 is 5.83. The smallest absolute Gasteiger partial charge is 0.148 e. The molecular formula is C10H17B3ClNO. The molecule has 84 valence electrons. The number of benzene rings is 1. The number of nitrogens with one attached hydrogen (secondary N) is 1. The van der Waals surface area contributed by atoms with Gasteiger partial charge in [0.2, 0.25) is 0 Å². The summed E-state index contributed by atoms with van der Waals surface area (Å²) < 4.78 is 0. The van der Waals surface area contributed by atoms with Crippen LogP contribution in [0.4, 0.5) is 0 Å². The highest BCUT2D eigenvalue weighted by Crippen LogP contribution is 2.26. The van der Waals surface area contributed by atoms with Crippen molar-refractivity contribution in [1.29, 1.82) is 0 Å². The van der Waals surface area contributed by atoms with Crippen LogP contribution in [-0.4, -0.2) is 41.0 Å². The first-order chi connectivity index (χ1) is 7.27. The zero-order valence-corrected chi connectivity index (χ0v) is 11.1. The Hall–Kier alpha value is -0.375. The van der Waals surface area contributed by atoms with Gasteiger partial charge in [0, 0.05) is 5.02 Å². The highest BCUT2D eigenvalue weighted by atomic mass is 35.5. The first-order valence-electron chi connectivity index (χ1n) is 5.44. The van der Waals surface area contributed by atoms with Gasteiger partial charge in [-0.15, -0.1) is 0 Å². The summed E-state index contributed by atoms with van der Waals surface area (Å²) in [7, 11) is 7.86. The number of rotatable bonds is 4. The molecule has 0 heterocycles. The minimum Gasteiger partial charge on any atom is -0.395 e. The third-order valence-corrected chi connectivity index (χ3v) is 3.18. The minimum atomic E-state index is -0.850. The van der Waals surface area contributed by atoms with Crippen molar-refractivity contribution < 1.29 is 5.11 Å². The molecule has 0 spiro atoms. The van der Waals surface area contributed by atoms with E-state index in [1.165, 1.54) is 0 Å². The van der Waals surface area contributed by atoms with Crippen LogP contribution in [0.3, 0.4) is 0 Å². The summed E-state index contributed by atoms with van der Waals surface area (Å²) in [5.74, 6) is 0. The van der Waals surface area contributed by atoms with Crippen molar-refractivity contribution in [1.82, 2.24) is 5.32 Å². The Balaban J connectivity index is 2.89. The van der Waals surface area contributed by atoms with Crippen LogP contribution in [0.25, 0.3) is 0 Å². The zero-order valence-electron chi connectivity index (χ0n) is 10.3. The predicted octanol–water partition coefficient (Wildman–Crippen LogP) is -1.35. The molecule has 1 aromatic rings. The maximum Gasteiger partial charge on any atom is 0.148 e. The molecule has 1 aromatic carbocycles. The molecular weight excluding hydrogens is 218 g/mol. The van der Waals surface area contributed by atoms with Gasteiger partial charge in [-0.2, -0.15) is 0 Å². The lowest BCUT2D eigenvalue weighted by Gasteiger charge is -2.34. The molecule has 2 N–H and O–H groups in total. The molecule has 0 saturated carbocycles. The van der Waals surface area contributed by atoms with E-state index in [4.69, 9.17) is 11.6 Å². The second-order valence-corrected chi connectivity index (χ2v) is 5.53. The van der Waals surface area contributed by atoms with Crippen molar-refractivity contribution >= 4 is 35.1 Å². The third-order valence-electron chi connectivity index (χ3n) is 2.93. The summed E-state index contributed by atoms with van der Waals surface area (Å²) in [6.45, 7) is 0. The van der Waals surface area contributed by atoms with Crippen molar-refractivity contribution in [3.8, 4) is 0 Å². The van der Waals surface area contributed by atoms with Crippen molar-refractivity contribution in [2.45, 2.75) is 17.3 Å². The lowest BCUT2D eigenvalue weighted by Crippen LogP contribution is -2.50. The maximum absolute atomic E-state index is 10.5. The van der Waals surface area contributed by atoms with Crippen LogP contribution >= 0.6 is 11.6 Å². The van der Waals surface area contributed by atoms with Crippen LogP contribution in [0.5, 0.6) is 0 Å². The highest BCUT2D eigenvalue weighted by Gasteiger charge is 2.30. The molecule has 0 aliphatic rings. The van der Waals surface area contributed by atoms with Crippen LogP contribution in [0.15, 0.2) is 24.3 Å². The lowest BCUT2D eigenvalue weighted by atomic mass is 9.53. The van der Waals surface area contributed by atoms with Crippen LogP contribution < -0.4 is 5.32 Å². The molecule has 0 saturated heterocycles. The first-order valence-corrected chi connectivity index (χ1v) is 5.82. The summed E-state index contributed by atoms with van der Waals surface area (Å²) in [6, 6.07) is 7.34. The highest BCUT2D eigenvalue weighted by molar-refractivity contribution is 6.40. The van der Waals surface area contributed by atoms with E-state index in [0.29, 0.717) is 11.4 Å². The first kappa shape index (κ1) is 13.7. The summed E-state index contributed by atoms with van der Waals surface area (Å²) in [5.41, 5.74) is 0.0390. The molecule has 0 radical (unpaired) electrons. The second-order valence-electron chi connectivity index (χ2n) is 5.09. The lowest BCUT2D eigenvalue weighted by molar-refractivity contribution is 0.109. The predicted molar refractivity (Wildman–Crippen MR) is 77.4 cm³/mol. The van der Waals surface area contributed by atoms with Crippen LogP contribution in [-0.2, 0) is 5.50 Å². The topological polar surface area (TPSA) is 32.3 Å². The number of aliphatic hydroxyl groups is 1.